The van der Waals surface area contributed by atoms with Crippen LogP contribution in [0, 0.1) is 19.8 Å². The van der Waals surface area contributed by atoms with Crippen LogP contribution in [0.25, 0.3) is 5.65 Å². The zero-order chi connectivity index (χ0) is 24.9. The van der Waals surface area contributed by atoms with Crippen LogP contribution in [0.1, 0.15) is 64.5 Å². The van der Waals surface area contributed by atoms with E-state index in [1.807, 2.05) is 22.5 Å². The first-order chi connectivity index (χ1) is 16.6. The van der Waals surface area contributed by atoms with E-state index in [2.05, 4.69) is 29.5 Å². The predicted molar refractivity (Wildman–Crippen MR) is 139 cm³/mol. The minimum Gasteiger partial charge on any atom is -0.355 e. The van der Waals surface area contributed by atoms with Gasteiger partial charge in [0.15, 0.2) is 11.5 Å². The molecule has 0 unspecified atom stereocenters. The number of nitrogens with one attached hydrogen (secondary N) is 1. The number of sulfonamides is 1. The van der Waals surface area contributed by atoms with Gasteiger partial charge in [-0.1, -0.05) is 6.92 Å². The van der Waals surface area contributed by atoms with Gasteiger partial charge in [0.2, 0.25) is 10.0 Å². The fourth-order valence-electron chi connectivity index (χ4n) is 5.18. The van der Waals surface area contributed by atoms with Gasteiger partial charge in [-0.15, -0.1) is 16.4 Å². The number of nitrogens with zero attached hydrogens (tertiary/aromatic N) is 5. The molecule has 2 saturated heterocycles. The molecule has 3 aromatic rings. The zero-order valence-electron chi connectivity index (χ0n) is 20.6. The number of carbonyl (C=O) groups excluding carboxylic acids is 1. The minimum absolute atomic E-state index is 0.160. The number of hydrogen-bond donors (Lipinski definition) is 1. The Bertz CT molecular complexity index is 1380. The molecule has 5 rings (SSSR count). The summed E-state index contributed by atoms with van der Waals surface area (Å²) in [7, 11) is -3.49. The van der Waals surface area contributed by atoms with Crippen LogP contribution in [0.15, 0.2) is 18.3 Å². The van der Waals surface area contributed by atoms with Crippen LogP contribution in [0.2, 0.25) is 0 Å². The highest BCUT2D eigenvalue weighted by Crippen LogP contribution is 2.36. The van der Waals surface area contributed by atoms with Gasteiger partial charge in [0.1, 0.15) is 4.88 Å². The molecule has 188 valence electrons. The van der Waals surface area contributed by atoms with Crippen molar-refractivity contribution in [3.8, 4) is 0 Å². The molecule has 5 heterocycles. The van der Waals surface area contributed by atoms with Crippen molar-refractivity contribution in [2.45, 2.75) is 52.5 Å². The number of imidazole rings is 1. The standard InChI is InChI=1S/C24H32N6O3S2/c1-15-8-10-28(13-15)23-16(2)11-21-25-19(14-30(21)26-23)20-7-5-6-9-29(20)24(31)22-18(12-17(3)34-22)27-35(4,32)33/h11-12,14-15,20,27H,5-10,13H2,1-4H3/t15-,20-/m0/s1. The van der Waals surface area contributed by atoms with E-state index in [-0.39, 0.29) is 11.9 Å². The highest BCUT2D eigenvalue weighted by atomic mass is 32.2. The molecule has 2 aliphatic rings. The monoisotopic (exact) mass is 516 g/mol. The second-order valence-corrected chi connectivity index (χ2v) is 12.9. The molecule has 3 aromatic heterocycles. The van der Waals surface area contributed by atoms with Gasteiger partial charge in [0.05, 0.1) is 29.9 Å². The first kappa shape index (κ1) is 24.1. The third-order valence-corrected chi connectivity index (χ3v) is 8.44. The summed E-state index contributed by atoms with van der Waals surface area (Å²) in [6.45, 7) is 8.84. The molecule has 0 spiro atoms. The lowest BCUT2D eigenvalue weighted by Gasteiger charge is -2.34. The minimum atomic E-state index is -3.49. The Kier molecular flexibility index (Phi) is 6.25. The molecular formula is C24H32N6O3S2. The van der Waals surface area contributed by atoms with Gasteiger partial charge in [0, 0.05) is 24.5 Å². The number of fused-ring (bicyclic) bond motifs is 1. The summed E-state index contributed by atoms with van der Waals surface area (Å²) in [5.41, 5.74) is 3.05. The van der Waals surface area contributed by atoms with Gasteiger partial charge in [-0.25, -0.2) is 17.9 Å². The van der Waals surface area contributed by atoms with E-state index in [0.717, 1.165) is 66.2 Å². The Morgan fingerprint density at radius 2 is 1.97 bits per heavy atom. The number of likely N-dealkylation sites (tertiary alicyclic amines) is 1. The van der Waals surface area contributed by atoms with Crippen molar-refractivity contribution in [3.63, 3.8) is 0 Å². The normalized spacial score (nSPS) is 21.1. The van der Waals surface area contributed by atoms with Crippen molar-refractivity contribution in [3.05, 3.63) is 39.3 Å². The van der Waals surface area contributed by atoms with E-state index in [1.54, 1.807) is 6.07 Å². The van der Waals surface area contributed by atoms with Gasteiger partial charge in [0.25, 0.3) is 5.91 Å². The van der Waals surface area contributed by atoms with Gasteiger partial charge in [-0.2, -0.15) is 0 Å². The van der Waals surface area contributed by atoms with Crippen LogP contribution >= 0.6 is 11.3 Å². The van der Waals surface area contributed by atoms with Crippen molar-refractivity contribution in [2.24, 2.45) is 5.92 Å². The third-order valence-electron chi connectivity index (χ3n) is 6.81. The lowest BCUT2D eigenvalue weighted by molar-refractivity contribution is 0.0612. The Labute approximate surface area is 210 Å². The lowest BCUT2D eigenvalue weighted by atomic mass is 9.99. The summed E-state index contributed by atoms with van der Waals surface area (Å²) in [6, 6.07) is 3.61. The molecule has 0 aliphatic carbocycles. The number of amides is 1. The highest BCUT2D eigenvalue weighted by Gasteiger charge is 2.33. The summed E-state index contributed by atoms with van der Waals surface area (Å²) in [6.07, 6.45) is 6.94. The molecular weight excluding hydrogens is 484 g/mol. The fourth-order valence-corrected chi connectivity index (χ4v) is 6.73. The van der Waals surface area contributed by atoms with Crippen molar-refractivity contribution in [1.82, 2.24) is 19.5 Å². The van der Waals surface area contributed by atoms with Crippen LogP contribution in [0.5, 0.6) is 0 Å². The number of thiophene rings is 1. The number of carbonyl (C=O) groups is 1. The van der Waals surface area contributed by atoms with E-state index in [9.17, 15) is 13.2 Å². The molecule has 1 amide bonds. The van der Waals surface area contributed by atoms with E-state index in [1.165, 1.54) is 17.8 Å². The zero-order valence-corrected chi connectivity index (χ0v) is 22.2. The molecule has 1 N–H and O–H groups in total. The van der Waals surface area contributed by atoms with E-state index in [4.69, 9.17) is 10.1 Å². The molecule has 0 radical (unpaired) electrons. The Morgan fingerprint density at radius 3 is 2.69 bits per heavy atom. The number of anilines is 2. The summed E-state index contributed by atoms with van der Waals surface area (Å²) >= 11 is 1.32. The molecule has 2 fully saturated rings. The molecule has 9 nitrogen and oxygen atoms in total. The third kappa shape index (κ3) is 4.88. The summed E-state index contributed by atoms with van der Waals surface area (Å²) in [4.78, 5) is 24.0. The number of aryl methyl sites for hydroxylation is 2. The van der Waals surface area contributed by atoms with Crippen LogP contribution < -0.4 is 9.62 Å². The maximum atomic E-state index is 13.7. The molecule has 0 bridgehead atoms. The van der Waals surface area contributed by atoms with Gasteiger partial charge in [-0.3, -0.25) is 9.52 Å². The van der Waals surface area contributed by atoms with E-state index < -0.39 is 10.0 Å². The van der Waals surface area contributed by atoms with Crippen molar-refractivity contribution >= 4 is 44.4 Å². The number of piperidine rings is 1. The topological polar surface area (TPSA) is 99.9 Å². The van der Waals surface area contributed by atoms with E-state index in [0.29, 0.717) is 23.0 Å². The lowest BCUT2D eigenvalue weighted by Crippen LogP contribution is -2.38. The fraction of sp³-hybridized carbons (Fsp3) is 0.542. The van der Waals surface area contributed by atoms with Crippen LogP contribution in [0.3, 0.4) is 0 Å². The SMILES string of the molecule is Cc1cc(NS(C)(=O)=O)c(C(=O)N2CCCC[C@H]2c2cn3nc(N4CC[C@H](C)C4)c(C)cc3n2)s1. The molecule has 11 heteroatoms. The smallest absolute Gasteiger partial charge is 0.266 e. The maximum absolute atomic E-state index is 13.7. The molecule has 0 saturated carbocycles. The largest absolute Gasteiger partial charge is 0.355 e. The van der Waals surface area contributed by atoms with Crippen LogP contribution in [-0.2, 0) is 10.0 Å². The Morgan fingerprint density at radius 1 is 1.17 bits per heavy atom. The van der Waals surface area contributed by atoms with Crippen LogP contribution in [0.4, 0.5) is 11.5 Å². The Hall–Kier alpha value is -2.66. The summed E-state index contributed by atoms with van der Waals surface area (Å²) < 4.78 is 28.1. The predicted octanol–water partition coefficient (Wildman–Crippen LogP) is 3.99. The first-order valence-electron chi connectivity index (χ1n) is 12.1. The van der Waals surface area contributed by atoms with Crippen LogP contribution in [-0.4, -0.2) is 59.7 Å². The van der Waals surface area contributed by atoms with E-state index >= 15 is 0 Å². The quantitative estimate of drug-likeness (QED) is 0.550. The second-order valence-electron chi connectivity index (χ2n) is 9.94. The van der Waals surface area contributed by atoms with Gasteiger partial charge >= 0.3 is 0 Å². The van der Waals surface area contributed by atoms with Gasteiger partial charge in [-0.05, 0) is 63.1 Å². The van der Waals surface area contributed by atoms with Crippen molar-refractivity contribution in [1.29, 1.82) is 0 Å². The number of rotatable bonds is 5. The first-order valence-corrected chi connectivity index (χ1v) is 14.8. The Balaban J connectivity index is 1.47. The summed E-state index contributed by atoms with van der Waals surface area (Å²) in [5, 5.41) is 4.89. The highest BCUT2D eigenvalue weighted by molar-refractivity contribution is 7.92. The van der Waals surface area contributed by atoms with Crippen molar-refractivity contribution < 1.29 is 13.2 Å². The van der Waals surface area contributed by atoms with Gasteiger partial charge < -0.3 is 9.80 Å². The number of aromatic nitrogens is 3. The number of hydrogen-bond acceptors (Lipinski definition) is 7. The summed E-state index contributed by atoms with van der Waals surface area (Å²) in [5.74, 6) is 1.50. The molecule has 2 aliphatic heterocycles. The van der Waals surface area contributed by atoms with Crippen molar-refractivity contribution in [2.75, 3.05) is 35.5 Å². The average molecular weight is 517 g/mol. The second kappa shape index (κ2) is 9.09. The molecule has 0 aromatic carbocycles. The molecule has 35 heavy (non-hydrogen) atoms. The maximum Gasteiger partial charge on any atom is 0.266 e. The molecule has 2 atom stereocenters. The average Bonchev–Trinajstić information content (AvgIpc) is 3.49.